The molecule has 4 aromatic rings. The van der Waals surface area contributed by atoms with E-state index in [0.717, 1.165) is 11.1 Å². The molecule has 0 saturated heterocycles. The van der Waals surface area contributed by atoms with Crippen LogP contribution in [0, 0.1) is 6.92 Å². The minimum atomic E-state index is -0.535. The van der Waals surface area contributed by atoms with Crippen LogP contribution in [-0.4, -0.2) is 27.8 Å². The number of pyridine rings is 1. The molecule has 1 aromatic carbocycles. The zero-order valence-electron chi connectivity index (χ0n) is 15.6. The Balaban J connectivity index is 1.61. The molecule has 3 aromatic heterocycles. The van der Waals surface area contributed by atoms with Crippen LogP contribution >= 0.6 is 0 Å². The molecule has 0 saturated carbocycles. The number of aromatic nitrogens is 3. The van der Waals surface area contributed by atoms with E-state index in [4.69, 9.17) is 13.9 Å². The molecule has 0 unspecified atom stereocenters. The van der Waals surface area contributed by atoms with Gasteiger partial charge in [0.25, 0.3) is 0 Å². The molecule has 0 aliphatic heterocycles. The van der Waals surface area contributed by atoms with Gasteiger partial charge in [0.05, 0.1) is 18.4 Å². The largest absolute Gasteiger partial charge is 0.497 e. The van der Waals surface area contributed by atoms with E-state index in [9.17, 15) is 9.59 Å². The maximum atomic E-state index is 12.5. The molecule has 0 atom stereocenters. The summed E-state index contributed by atoms with van der Waals surface area (Å²) < 4.78 is 17.4. The van der Waals surface area contributed by atoms with E-state index in [1.165, 1.54) is 19.4 Å². The summed E-state index contributed by atoms with van der Waals surface area (Å²) >= 11 is 0. The highest BCUT2D eigenvalue weighted by Gasteiger charge is 2.14. The van der Waals surface area contributed by atoms with Gasteiger partial charge in [0.2, 0.25) is 0 Å². The molecule has 0 N–H and O–H groups in total. The lowest BCUT2D eigenvalue weighted by atomic mass is 10.1. The number of carbonyl (C=O) groups excluding carboxylic acids is 1. The summed E-state index contributed by atoms with van der Waals surface area (Å²) in [7, 11) is 3.32. The van der Waals surface area contributed by atoms with Gasteiger partial charge in [0.15, 0.2) is 5.65 Å². The standard InChI is InChI=1S/C20H17N3O5/c1-11-16-6-12(9-21-19(16)23(2)22-11)20(25)27-10-13-7-18(24)28-17-8-14(26-3)4-5-15(13)17/h4-9H,10H2,1-3H3. The number of carbonyl (C=O) groups is 1. The van der Waals surface area contributed by atoms with Gasteiger partial charge in [-0.2, -0.15) is 5.10 Å². The highest BCUT2D eigenvalue weighted by Crippen LogP contribution is 2.23. The minimum Gasteiger partial charge on any atom is -0.497 e. The zero-order valence-corrected chi connectivity index (χ0v) is 15.6. The molecule has 0 spiro atoms. The fraction of sp³-hybridized carbons (Fsp3) is 0.200. The molecular weight excluding hydrogens is 362 g/mol. The number of aryl methyl sites for hydroxylation is 2. The Morgan fingerprint density at radius 3 is 2.82 bits per heavy atom. The van der Waals surface area contributed by atoms with Crippen LogP contribution in [0.4, 0.5) is 0 Å². The second-order valence-corrected chi connectivity index (χ2v) is 6.33. The summed E-state index contributed by atoms with van der Waals surface area (Å²) in [6.45, 7) is 1.78. The third-order valence-corrected chi connectivity index (χ3v) is 4.49. The van der Waals surface area contributed by atoms with Gasteiger partial charge in [0.1, 0.15) is 17.9 Å². The number of hydrogen-bond acceptors (Lipinski definition) is 7. The highest BCUT2D eigenvalue weighted by atomic mass is 16.5. The molecule has 0 amide bonds. The van der Waals surface area contributed by atoms with Gasteiger partial charge >= 0.3 is 11.6 Å². The van der Waals surface area contributed by atoms with E-state index >= 15 is 0 Å². The van der Waals surface area contributed by atoms with Crippen molar-refractivity contribution in [1.82, 2.24) is 14.8 Å². The molecule has 4 rings (SSSR count). The summed E-state index contributed by atoms with van der Waals surface area (Å²) in [6.07, 6.45) is 1.45. The second-order valence-electron chi connectivity index (χ2n) is 6.33. The number of methoxy groups -OCH3 is 1. The highest BCUT2D eigenvalue weighted by molar-refractivity contribution is 5.93. The normalized spacial score (nSPS) is 11.1. The Kier molecular flexibility index (Phi) is 4.31. The van der Waals surface area contributed by atoms with Crippen LogP contribution in [0.15, 0.2) is 45.7 Å². The van der Waals surface area contributed by atoms with Crippen molar-refractivity contribution in [3.05, 3.63) is 63.8 Å². The van der Waals surface area contributed by atoms with E-state index in [0.29, 0.717) is 33.5 Å². The van der Waals surface area contributed by atoms with Crippen molar-refractivity contribution in [3.8, 4) is 5.75 Å². The summed E-state index contributed by atoms with van der Waals surface area (Å²) in [4.78, 5) is 28.6. The van der Waals surface area contributed by atoms with Crippen molar-refractivity contribution in [2.75, 3.05) is 7.11 Å². The first-order valence-electron chi connectivity index (χ1n) is 8.53. The summed E-state index contributed by atoms with van der Waals surface area (Å²) in [5.41, 5.74) is 2.18. The topological polar surface area (TPSA) is 96.5 Å². The fourth-order valence-electron chi connectivity index (χ4n) is 3.10. The predicted octanol–water partition coefficient (Wildman–Crippen LogP) is 2.75. The van der Waals surface area contributed by atoms with Gasteiger partial charge in [-0.05, 0) is 25.1 Å². The predicted molar refractivity (Wildman–Crippen MR) is 101 cm³/mol. The Morgan fingerprint density at radius 2 is 2.04 bits per heavy atom. The molecule has 3 heterocycles. The van der Waals surface area contributed by atoms with Gasteiger partial charge in [0, 0.05) is 41.7 Å². The average molecular weight is 379 g/mol. The van der Waals surface area contributed by atoms with E-state index in [2.05, 4.69) is 10.1 Å². The van der Waals surface area contributed by atoms with Crippen molar-refractivity contribution in [2.24, 2.45) is 7.05 Å². The van der Waals surface area contributed by atoms with Crippen molar-refractivity contribution in [3.63, 3.8) is 0 Å². The van der Waals surface area contributed by atoms with Crippen molar-refractivity contribution in [1.29, 1.82) is 0 Å². The van der Waals surface area contributed by atoms with Gasteiger partial charge in [-0.1, -0.05) is 0 Å². The molecule has 28 heavy (non-hydrogen) atoms. The zero-order chi connectivity index (χ0) is 19.8. The van der Waals surface area contributed by atoms with E-state index in [1.54, 1.807) is 36.0 Å². The van der Waals surface area contributed by atoms with Crippen LogP contribution in [0.1, 0.15) is 21.6 Å². The van der Waals surface area contributed by atoms with Crippen LogP contribution in [-0.2, 0) is 18.4 Å². The lowest BCUT2D eigenvalue weighted by molar-refractivity contribution is 0.0473. The van der Waals surface area contributed by atoms with E-state index < -0.39 is 11.6 Å². The van der Waals surface area contributed by atoms with E-state index in [-0.39, 0.29) is 6.61 Å². The number of ether oxygens (including phenoxy) is 2. The number of rotatable bonds is 4. The lowest BCUT2D eigenvalue weighted by Gasteiger charge is -2.08. The second kappa shape index (κ2) is 6.80. The Morgan fingerprint density at radius 1 is 1.21 bits per heavy atom. The lowest BCUT2D eigenvalue weighted by Crippen LogP contribution is -2.08. The van der Waals surface area contributed by atoms with Crippen LogP contribution in [0.2, 0.25) is 0 Å². The van der Waals surface area contributed by atoms with Crippen molar-refractivity contribution >= 4 is 28.0 Å². The first-order valence-corrected chi connectivity index (χ1v) is 8.53. The summed E-state index contributed by atoms with van der Waals surface area (Å²) in [5.74, 6) is 0.0311. The van der Waals surface area contributed by atoms with Gasteiger partial charge in [-0.3, -0.25) is 4.68 Å². The van der Waals surface area contributed by atoms with Crippen LogP contribution in [0.3, 0.4) is 0 Å². The summed E-state index contributed by atoms with van der Waals surface area (Å²) in [5, 5.41) is 5.75. The van der Waals surface area contributed by atoms with Crippen molar-refractivity contribution < 1.29 is 18.7 Å². The Hall–Kier alpha value is -3.68. The molecule has 0 radical (unpaired) electrons. The molecule has 0 aliphatic carbocycles. The monoisotopic (exact) mass is 379 g/mol. The first kappa shape index (κ1) is 17.7. The van der Waals surface area contributed by atoms with Crippen molar-refractivity contribution in [2.45, 2.75) is 13.5 Å². The number of hydrogen-bond donors (Lipinski definition) is 0. The maximum absolute atomic E-state index is 12.5. The van der Waals surface area contributed by atoms with E-state index in [1.807, 2.05) is 6.92 Å². The van der Waals surface area contributed by atoms with Gasteiger partial charge < -0.3 is 13.9 Å². The van der Waals surface area contributed by atoms with Crippen LogP contribution in [0.25, 0.3) is 22.0 Å². The quantitative estimate of drug-likeness (QED) is 0.397. The average Bonchev–Trinajstić information content (AvgIpc) is 2.98. The molecular formula is C20H17N3O5. The van der Waals surface area contributed by atoms with Gasteiger partial charge in [-0.25, -0.2) is 14.6 Å². The molecule has 0 bridgehead atoms. The fourth-order valence-corrected chi connectivity index (χ4v) is 3.10. The number of nitrogens with zero attached hydrogens (tertiary/aromatic N) is 3. The molecule has 8 heteroatoms. The number of benzene rings is 1. The molecule has 142 valence electrons. The molecule has 8 nitrogen and oxygen atoms in total. The molecule has 0 aliphatic rings. The third kappa shape index (κ3) is 3.09. The number of fused-ring (bicyclic) bond motifs is 2. The summed E-state index contributed by atoms with van der Waals surface area (Å²) in [6, 6.07) is 8.14. The van der Waals surface area contributed by atoms with Crippen LogP contribution in [0.5, 0.6) is 5.75 Å². The Labute approximate surface area is 159 Å². The smallest absolute Gasteiger partial charge is 0.340 e. The number of esters is 1. The third-order valence-electron chi connectivity index (χ3n) is 4.49. The SMILES string of the molecule is COc1ccc2c(COC(=O)c3cnc4c(c3)c(C)nn4C)cc(=O)oc2c1. The van der Waals surface area contributed by atoms with Crippen LogP contribution < -0.4 is 10.4 Å². The first-order chi connectivity index (χ1) is 13.5. The Bertz CT molecular complexity index is 1270. The maximum Gasteiger partial charge on any atom is 0.340 e. The molecule has 0 fully saturated rings. The van der Waals surface area contributed by atoms with Gasteiger partial charge in [-0.15, -0.1) is 0 Å². The minimum absolute atomic E-state index is 0.0721.